The van der Waals surface area contributed by atoms with Crippen molar-refractivity contribution in [2.75, 3.05) is 5.32 Å². The molecule has 136 valence electrons. The molecular formula is C21H18FN3O2. The zero-order valence-electron chi connectivity index (χ0n) is 15.0. The monoisotopic (exact) mass is 363 g/mol. The highest BCUT2D eigenvalue weighted by Gasteiger charge is 2.43. The molecule has 2 aliphatic heterocycles. The molecule has 5 nitrogen and oxygen atoms in total. The molecular weight excluding hydrogens is 345 g/mol. The molecule has 3 heterocycles. The smallest absolute Gasteiger partial charge is 0.259 e. The molecule has 2 aliphatic rings. The van der Waals surface area contributed by atoms with Crippen LogP contribution in [0.25, 0.3) is 16.5 Å². The number of allylic oxidation sites excluding steroid dienone is 1. The molecule has 1 atom stereocenters. The van der Waals surface area contributed by atoms with Crippen molar-refractivity contribution < 1.29 is 13.9 Å². The number of ether oxygens (including phenoxy) is 1. The molecule has 6 heteroatoms. The number of nitrogens with one attached hydrogen (secondary N) is 2. The maximum Gasteiger partial charge on any atom is 0.259 e. The maximum atomic E-state index is 13.5. The summed E-state index contributed by atoms with van der Waals surface area (Å²) in [6.07, 6.45) is 2.41. The van der Waals surface area contributed by atoms with E-state index in [0.29, 0.717) is 29.0 Å². The molecule has 1 aromatic heterocycles. The quantitative estimate of drug-likeness (QED) is 0.632. The van der Waals surface area contributed by atoms with Gasteiger partial charge in [-0.2, -0.15) is 5.10 Å². The van der Waals surface area contributed by atoms with Crippen LogP contribution in [0.2, 0.25) is 0 Å². The number of H-pyrrole nitrogens is 1. The SMILES string of the molecule is CC1(C)O/C(=C2/C(=O)Nc3cc(F)ccc32)CC1c1ccc2[nH]ncc2c1. The van der Waals surface area contributed by atoms with Gasteiger partial charge in [0, 0.05) is 23.3 Å². The first-order valence-corrected chi connectivity index (χ1v) is 8.89. The number of hydrogen-bond donors (Lipinski definition) is 2. The molecule has 0 radical (unpaired) electrons. The molecule has 0 bridgehead atoms. The topological polar surface area (TPSA) is 67.0 Å². The van der Waals surface area contributed by atoms with Crippen LogP contribution in [0, 0.1) is 5.82 Å². The highest BCUT2D eigenvalue weighted by Crippen LogP contribution is 2.49. The lowest BCUT2D eigenvalue weighted by Gasteiger charge is -2.26. The van der Waals surface area contributed by atoms with Crippen LogP contribution in [0.1, 0.15) is 37.3 Å². The summed E-state index contributed by atoms with van der Waals surface area (Å²) < 4.78 is 19.7. The molecule has 1 fully saturated rings. The van der Waals surface area contributed by atoms with Gasteiger partial charge < -0.3 is 10.1 Å². The van der Waals surface area contributed by atoms with E-state index in [2.05, 4.69) is 27.6 Å². The fraction of sp³-hybridized carbons (Fsp3) is 0.238. The number of aromatic nitrogens is 2. The number of amides is 1. The molecule has 5 rings (SSSR count). The molecule has 1 saturated heterocycles. The number of anilines is 1. The zero-order valence-corrected chi connectivity index (χ0v) is 15.0. The minimum atomic E-state index is -0.469. The molecule has 0 aliphatic carbocycles. The average molecular weight is 363 g/mol. The second kappa shape index (κ2) is 5.42. The highest BCUT2D eigenvalue weighted by molar-refractivity contribution is 6.32. The number of carbonyl (C=O) groups is 1. The summed E-state index contributed by atoms with van der Waals surface area (Å²) in [6.45, 7) is 4.06. The summed E-state index contributed by atoms with van der Waals surface area (Å²) in [6, 6.07) is 10.5. The van der Waals surface area contributed by atoms with Crippen molar-refractivity contribution in [2.24, 2.45) is 0 Å². The van der Waals surface area contributed by atoms with Gasteiger partial charge in [-0.1, -0.05) is 6.07 Å². The summed E-state index contributed by atoms with van der Waals surface area (Å²) in [7, 11) is 0. The van der Waals surface area contributed by atoms with Crippen LogP contribution >= 0.6 is 0 Å². The van der Waals surface area contributed by atoms with Crippen molar-refractivity contribution in [1.82, 2.24) is 10.2 Å². The average Bonchev–Trinajstić information content (AvgIpc) is 3.28. The van der Waals surface area contributed by atoms with Crippen molar-refractivity contribution in [3.63, 3.8) is 0 Å². The number of nitrogens with zero attached hydrogens (tertiary/aromatic N) is 1. The van der Waals surface area contributed by atoms with E-state index in [1.807, 2.05) is 19.9 Å². The van der Waals surface area contributed by atoms with Gasteiger partial charge in [-0.25, -0.2) is 4.39 Å². The summed E-state index contributed by atoms with van der Waals surface area (Å²) in [5.41, 5.74) is 3.35. The zero-order chi connectivity index (χ0) is 18.8. The van der Waals surface area contributed by atoms with Crippen LogP contribution in [-0.4, -0.2) is 21.7 Å². The van der Waals surface area contributed by atoms with Crippen LogP contribution in [-0.2, 0) is 9.53 Å². The van der Waals surface area contributed by atoms with Gasteiger partial charge in [0.05, 0.1) is 23.0 Å². The standard InChI is InChI=1S/C21H18FN3O2/c1-21(2)15(11-3-6-16-12(7-11)10-23-25-16)9-18(27-21)19-14-5-4-13(22)8-17(14)24-20(19)26/h3-8,10,15H,9H2,1-2H3,(H,23,25)(H,24,26)/b19-18+. The van der Waals surface area contributed by atoms with Gasteiger partial charge in [-0.3, -0.25) is 9.89 Å². The molecule has 2 N–H and O–H groups in total. The van der Waals surface area contributed by atoms with E-state index in [4.69, 9.17) is 4.74 Å². The van der Waals surface area contributed by atoms with Crippen LogP contribution < -0.4 is 5.32 Å². The number of hydrogen-bond acceptors (Lipinski definition) is 3. The van der Waals surface area contributed by atoms with E-state index < -0.39 is 5.60 Å². The maximum absolute atomic E-state index is 13.5. The lowest BCUT2D eigenvalue weighted by molar-refractivity contribution is -0.111. The van der Waals surface area contributed by atoms with E-state index in [0.717, 1.165) is 16.5 Å². The molecule has 1 unspecified atom stereocenters. The molecule has 3 aromatic rings. The van der Waals surface area contributed by atoms with Gasteiger partial charge in [-0.05, 0) is 49.7 Å². The van der Waals surface area contributed by atoms with Crippen molar-refractivity contribution in [2.45, 2.75) is 31.8 Å². The van der Waals surface area contributed by atoms with Gasteiger partial charge in [0.1, 0.15) is 17.2 Å². The Morgan fingerprint density at radius 3 is 2.93 bits per heavy atom. The van der Waals surface area contributed by atoms with Gasteiger partial charge in [0.25, 0.3) is 5.91 Å². The Balaban J connectivity index is 1.59. The van der Waals surface area contributed by atoms with Crippen molar-refractivity contribution in [3.05, 3.63) is 65.3 Å². The Morgan fingerprint density at radius 1 is 1.22 bits per heavy atom. The summed E-state index contributed by atoms with van der Waals surface area (Å²) in [5.74, 6) is 0.128. The normalized spacial score (nSPS) is 23.4. The minimum Gasteiger partial charge on any atom is -0.491 e. The second-order valence-corrected chi connectivity index (χ2v) is 7.62. The summed E-state index contributed by atoms with van der Waals surface area (Å²) >= 11 is 0. The van der Waals surface area contributed by atoms with Gasteiger partial charge in [0.15, 0.2) is 0 Å². The predicted molar refractivity (Wildman–Crippen MR) is 101 cm³/mol. The lowest BCUT2D eigenvalue weighted by atomic mass is 9.83. The van der Waals surface area contributed by atoms with Crippen LogP contribution in [0.15, 0.2) is 48.4 Å². The molecule has 0 saturated carbocycles. The van der Waals surface area contributed by atoms with E-state index >= 15 is 0 Å². The second-order valence-electron chi connectivity index (χ2n) is 7.62. The van der Waals surface area contributed by atoms with E-state index in [9.17, 15) is 9.18 Å². The first-order chi connectivity index (χ1) is 12.9. The molecule has 0 spiro atoms. The largest absolute Gasteiger partial charge is 0.491 e. The first-order valence-electron chi connectivity index (χ1n) is 8.89. The Morgan fingerprint density at radius 2 is 2.07 bits per heavy atom. The Kier molecular flexibility index (Phi) is 3.22. The van der Waals surface area contributed by atoms with Gasteiger partial charge in [-0.15, -0.1) is 0 Å². The predicted octanol–water partition coefficient (Wildman–Crippen LogP) is 4.35. The van der Waals surface area contributed by atoms with Crippen molar-refractivity contribution in [3.8, 4) is 0 Å². The molecule has 2 aromatic carbocycles. The van der Waals surface area contributed by atoms with Crippen LogP contribution in [0.4, 0.5) is 10.1 Å². The van der Waals surface area contributed by atoms with Gasteiger partial charge >= 0.3 is 0 Å². The lowest BCUT2D eigenvalue weighted by Crippen LogP contribution is -2.25. The number of rotatable bonds is 1. The fourth-order valence-electron chi connectivity index (χ4n) is 4.13. The third kappa shape index (κ3) is 2.44. The van der Waals surface area contributed by atoms with Crippen molar-refractivity contribution >= 4 is 28.1 Å². The number of carbonyl (C=O) groups excluding carboxylic acids is 1. The number of fused-ring (bicyclic) bond motifs is 2. The third-order valence-electron chi connectivity index (χ3n) is 5.49. The first kappa shape index (κ1) is 16.1. The van der Waals surface area contributed by atoms with Crippen molar-refractivity contribution in [1.29, 1.82) is 0 Å². The third-order valence-corrected chi connectivity index (χ3v) is 5.49. The fourth-order valence-corrected chi connectivity index (χ4v) is 4.13. The molecule has 27 heavy (non-hydrogen) atoms. The molecule has 1 amide bonds. The highest BCUT2D eigenvalue weighted by atomic mass is 19.1. The Bertz CT molecular complexity index is 1130. The summed E-state index contributed by atoms with van der Waals surface area (Å²) in [4.78, 5) is 12.5. The van der Waals surface area contributed by atoms with Crippen LogP contribution in [0.3, 0.4) is 0 Å². The Hall–Kier alpha value is -3.15. The number of benzene rings is 2. The van der Waals surface area contributed by atoms with E-state index in [-0.39, 0.29) is 17.6 Å². The van der Waals surface area contributed by atoms with Crippen LogP contribution in [0.5, 0.6) is 0 Å². The van der Waals surface area contributed by atoms with E-state index in [1.54, 1.807) is 12.3 Å². The summed E-state index contributed by atoms with van der Waals surface area (Å²) in [5, 5.41) is 10.8. The van der Waals surface area contributed by atoms with Gasteiger partial charge in [0.2, 0.25) is 0 Å². The Labute approximate surface area is 155 Å². The minimum absolute atomic E-state index is 0.0941. The van der Waals surface area contributed by atoms with E-state index in [1.165, 1.54) is 12.1 Å². The number of halogens is 1. The number of aromatic amines is 1.